The van der Waals surface area contributed by atoms with Crippen LogP contribution in [0.15, 0.2) is 54.6 Å². The number of ether oxygens (including phenoxy) is 2. The molecule has 1 N–H and O–H groups in total. The molecule has 0 aliphatic rings. The number of hydrogen-bond donors (Lipinski definition) is 1. The molecule has 0 saturated heterocycles. The van der Waals surface area contributed by atoms with Crippen LogP contribution in [0.3, 0.4) is 0 Å². The molecule has 110 valence electrons. The van der Waals surface area contributed by atoms with Crippen LogP contribution in [0.2, 0.25) is 0 Å². The van der Waals surface area contributed by atoms with Gasteiger partial charge in [-0.25, -0.2) is 4.79 Å². The van der Waals surface area contributed by atoms with Gasteiger partial charge in [-0.2, -0.15) is 0 Å². The number of rotatable bonds is 8. The number of carbonyl (C=O) groups is 1. The highest BCUT2D eigenvalue weighted by Gasteiger charge is 2.03. The van der Waals surface area contributed by atoms with E-state index in [0.29, 0.717) is 19.0 Å². The maximum absolute atomic E-state index is 10.8. The number of carboxylic acid groups (broad SMARTS) is 1. The fourth-order valence-corrected chi connectivity index (χ4v) is 1.82. The molecule has 0 bridgehead atoms. The summed E-state index contributed by atoms with van der Waals surface area (Å²) >= 11 is 0. The van der Waals surface area contributed by atoms with Gasteiger partial charge in [0.1, 0.15) is 11.5 Å². The van der Waals surface area contributed by atoms with Gasteiger partial charge in [0, 0.05) is 0 Å². The van der Waals surface area contributed by atoms with Crippen LogP contribution in [0, 0.1) is 0 Å². The second-order valence-corrected chi connectivity index (χ2v) is 4.55. The van der Waals surface area contributed by atoms with E-state index in [-0.39, 0.29) is 5.56 Å². The summed E-state index contributed by atoms with van der Waals surface area (Å²) in [7, 11) is 0. The molecule has 4 heteroatoms. The summed E-state index contributed by atoms with van der Waals surface area (Å²) in [6.07, 6.45) is 1.73. The Balaban J connectivity index is 1.64. The lowest BCUT2D eigenvalue weighted by Crippen LogP contribution is -2.03. The van der Waals surface area contributed by atoms with Crippen LogP contribution in [-0.4, -0.2) is 24.3 Å². The molecule has 0 fully saturated rings. The summed E-state index contributed by atoms with van der Waals surface area (Å²) in [4.78, 5) is 10.8. The second kappa shape index (κ2) is 7.94. The molecule has 2 aromatic rings. The minimum atomic E-state index is -0.947. The Bertz CT molecular complexity index is 566. The molecule has 2 aromatic carbocycles. The predicted octanol–water partition coefficient (Wildman–Crippen LogP) is 3.62. The summed E-state index contributed by atoms with van der Waals surface area (Å²) in [5.74, 6) is 0.503. The summed E-state index contributed by atoms with van der Waals surface area (Å²) in [6, 6.07) is 16.2. The molecule has 0 aliphatic carbocycles. The quantitative estimate of drug-likeness (QED) is 0.753. The van der Waals surface area contributed by atoms with E-state index in [1.54, 1.807) is 18.2 Å². The molecule has 2 rings (SSSR count). The van der Waals surface area contributed by atoms with Gasteiger partial charge < -0.3 is 14.6 Å². The van der Waals surface area contributed by atoms with E-state index >= 15 is 0 Å². The van der Waals surface area contributed by atoms with Crippen molar-refractivity contribution in [2.75, 3.05) is 13.2 Å². The Kier molecular flexibility index (Phi) is 5.64. The first-order valence-electron chi connectivity index (χ1n) is 6.90. The van der Waals surface area contributed by atoms with Crippen molar-refractivity contribution in [2.24, 2.45) is 0 Å². The molecule has 21 heavy (non-hydrogen) atoms. The van der Waals surface area contributed by atoms with Crippen molar-refractivity contribution in [3.63, 3.8) is 0 Å². The van der Waals surface area contributed by atoms with Gasteiger partial charge in [-0.1, -0.05) is 24.3 Å². The highest BCUT2D eigenvalue weighted by molar-refractivity contribution is 5.87. The van der Waals surface area contributed by atoms with Gasteiger partial charge in [0.15, 0.2) is 0 Å². The topological polar surface area (TPSA) is 55.8 Å². The fraction of sp³-hybridized carbons (Fsp3) is 0.235. The molecule has 0 unspecified atom stereocenters. The van der Waals surface area contributed by atoms with Crippen molar-refractivity contribution in [1.82, 2.24) is 0 Å². The number of para-hydroxylation sites is 1. The normalized spacial score (nSPS) is 10.1. The zero-order valence-electron chi connectivity index (χ0n) is 11.7. The fourth-order valence-electron chi connectivity index (χ4n) is 1.82. The molecule has 0 heterocycles. The number of hydrogen-bond acceptors (Lipinski definition) is 3. The molecule has 0 amide bonds. The highest BCUT2D eigenvalue weighted by atomic mass is 16.5. The first-order chi connectivity index (χ1) is 10.3. The van der Waals surface area contributed by atoms with E-state index < -0.39 is 5.97 Å². The van der Waals surface area contributed by atoms with Crippen molar-refractivity contribution >= 4 is 5.97 Å². The second-order valence-electron chi connectivity index (χ2n) is 4.55. The van der Waals surface area contributed by atoms with Gasteiger partial charge in [0.05, 0.1) is 18.8 Å². The van der Waals surface area contributed by atoms with Crippen LogP contribution in [0.5, 0.6) is 11.5 Å². The van der Waals surface area contributed by atoms with Gasteiger partial charge >= 0.3 is 5.97 Å². The molecule has 0 spiro atoms. The highest BCUT2D eigenvalue weighted by Crippen LogP contribution is 2.14. The van der Waals surface area contributed by atoms with Crippen LogP contribution in [0.1, 0.15) is 23.2 Å². The summed E-state index contributed by atoms with van der Waals surface area (Å²) in [5, 5.41) is 8.89. The Morgan fingerprint density at radius 1 is 0.857 bits per heavy atom. The summed E-state index contributed by atoms with van der Waals surface area (Å²) in [6.45, 7) is 1.18. The van der Waals surface area contributed by atoms with E-state index in [1.165, 1.54) is 6.07 Å². The third kappa shape index (κ3) is 5.18. The van der Waals surface area contributed by atoms with Gasteiger partial charge in [0.25, 0.3) is 0 Å². The van der Waals surface area contributed by atoms with Crippen molar-refractivity contribution in [1.29, 1.82) is 0 Å². The maximum atomic E-state index is 10.8. The van der Waals surface area contributed by atoms with Crippen LogP contribution in [-0.2, 0) is 0 Å². The van der Waals surface area contributed by atoms with E-state index in [9.17, 15) is 4.79 Å². The van der Waals surface area contributed by atoms with Gasteiger partial charge in [-0.05, 0) is 43.2 Å². The number of unbranched alkanes of at least 4 members (excludes halogenated alkanes) is 1. The first-order valence-corrected chi connectivity index (χ1v) is 6.90. The van der Waals surface area contributed by atoms with E-state index in [2.05, 4.69) is 0 Å². The van der Waals surface area contributed by atoms with E-state index in [1.807, 2.05) is 30.3 Å². The Labute approximate surface area is 123 Å². The average molecular weight is 286 g/mol. The zero-order chi connectivity index (χ0) is 14.9. The van der Waals surface area contributed by atoms with Crippen molar-refractivity contribution in [3.8, 4) is 11.5 Å². The van der Waals surface area contributed by atoms with Crippen LogP contribution < -0.4 is 9.47 Å². The van der Waals surface area contributed by atoms with Crippen LogP contribution in [0.4, 0.5) is 0 Å². The number of carboxylic acids is 1. The minimum absolute atomic E-state index is 0.236. The lowest BCUT2D eigenvalue weighted by Gasteiger charge is -2.08. The minimum Gasteiger partial charge on any atom is -0.494 e. The zero-order valence-corrected chi connectivity index (χ0v) is 11.7. The molecule has 0 saturated carbocycles. The summed E-state index contributed by atoms with van der Waals surface area (Å²) < 4.78 is 11.1. The third-order valence-electron chi connectivity index (χ3n) is 2.90. The lowest BCUT2D eigenvalue weighted by atomic mass is 10.2. The number of aromatic carboxylic acids is 1. The molecule has 0 radical (unpaired) electrons. The van der Waals surface area contributed by atoms with Crippen molar-refractivity contribution < 1.29 is 19.4 Å². The van der Waals surface area contributed by atoms with Gasteiger partial charge in [-0.3, -0.25) is 0 Å². The Morgan fingerprint density at radius 2 is 1.48 bits per heavy atom. The molecule has 0 aromatic heterocycles. The van der Waals surface area contributed by atoms with E-state index in [4.69, 9.17) is 14.6 Å². The van der Waals surface area contributed by atoms with E-state index in [0.717, 1.165) is 18.6 Å². The molecule has 4 nitrogen and oxygen atoms in total. The Morgan fingerprint density at radius 3 is 2.14 bits per heavy atom. The van der Waals surface area contributed by atoms with Crippen molar-refractivity contribution in [2.45, 2.75) is 12.8 Å². The van der Waals surface area contributed by atoms with Crippen molar-refractivity contribution in [3.05, 3.63) is 60.2 Å². The SMILES string of the molecule is O=C(O)c1cccc(OCCCCOc2ccccc2)c1. The molecular weight excluding hydrogens is 268 g/mol. The third-order valence-corrected chi connectivity index (χ3v) is 2.90. The number of benzene rings is 2. The van der Waals surface area contributed by atoms with Gasteiger partial charge in [0.2, 0.25) is 0 Å². The standard InChI is InChI=1S/C17H18O4/c18-17(19)14-7-6-10-16(13-14)21-12-5-4-11-20-15-8-2-1-3-9-15/h1-3,6-10,13H,4-5,11-12H2,(H,18,19). The van der Waals surface area contributed by atoms with Crippen LogP contribution in [0.25, 0.3) is 0 Å². The summed E-state index contributed by atoms with van der Waals surface area (Å²) in [5.41, 5.74) is 0.236. The molecular formula is C17H18O4. The smallest absolute Gasteiger partial charge is 0.335 e. The largest absolute Gasteiger partial charge is 0.494 e. The monoisotopic (exact) mass is 286 g/mol. The predicted molar refractivity (Wildman–Crippen MR) is 80.1 cm³/mol. The first kappa shape index (κ1) is 14.9. The lowest BCUT2D eigenvalue weighted by molar-refractivity contribution is 0.0696. The van der Waals surface area contributed by atoms with Crippen LogP contribution >= 0.6 is 0 Å². The Hall–Kier alpha value is -2.49. The molecule has 0 aliphatic heterocycles. The van der Waals surface area contributed by atoms with Gasteiger partial charge in [-0.15, -0.1) is 0 Å². The molecule has 0 atom stereocenters. The average Bonchev–Trinajstić information content (AvgIpc) is 2.52. The maximum Gasteiger partial charge on any atom is 0.335 e.